The Morgan fingerprint density at radius 1 is 0.778 bits per heavy atom. The van der Waals surface area contributed by atoms with Crippen LogP contribution in [0.3, 0.4) is 0 Å². The van der Waals surface area contributed by atoms with Gasteiger partial charge in [0.05, 0.1) is 42.4 Å². The number of rotatable bonds is 12. The highest BCUT2D eigenvalue weighted by Crippen LogP contribution is 2.66. The van der Waals surface area contributed by atoms with E-state index in [0.29, 0.717) is 33.6 Å². The molecule has 72 heavy (non-hydrogen) atoms. The second kappa shape index (κ2) is 20.9. The lowest BCUT2D eigenvalue weighted by atomic mass is 9.65. The zero-order valence-electron chi connectivity index (χ0n) is 39.9. The third-order valence-corrected chi connectivity index (χ3v) is 14.5. The molecule has 2 saturated heterocycles. The molecule has 1 aliphatic carbocycles. The summed E-state index contributed by atoms with van der Waals surface area (Å²) in [5.74, 6) is 3.44. The number of urea groups is 1. The molecule has 10 rings (SSSR count). The molecule has 0 radical (unpaired) electrons. The quantitative estimate of drug-likeness (QED) is 0.0695. The van der Waals surface area contributed by atoms with Crippen molar-refractivity contribution in [3.8, 4) is 17.6 Å². The van der Waals surface area contributed by atoms with Gasteiger partial charge in [0.25, 0.3) is 0 Å². The topological polar surface area (TPSA) is 158 Å². The molecule has 4 amide bonds. The van der Waals surface area contributed by atoms with E-state index >= 15 is 19.2 Å². The third-order valence-electron chi connectivity index (χ3n) is 14.5. The predicted octanol–water partition coefficient (Wildman–Crippen LogP) is 8.90. The number of aliphatic hydroxyl groups excluding tert-OH is 2. The first kappa shape index (κ1) is 47.8. The van der Waals surface area contributed by atoms with Crippen molar-refractivity contribution in [1.82, 2.24) is 15.5 Å². The number of morpholine rings is 1. The zero-order chi connectivity index (χ0) is 49.8. The van der Waals surface area contributed by atoms with Crippen LogP contribution in [0.25, 0.3) is 0 Å². The van der Waals surface area contributed by atoms with Gasteiger partial charge in [-0.15, -0.1) is 0 Å². The Bertz CT molecular complexity index is 3030. The van der Waals surface area contributed by atoms with Crippen LogP contribution in [0, 0.1) is 17.8 Å². The van der Waals surface area contributed by atoms with E-state index in [2.05, 4.69) is 28.6 Å². The number of fused-ring (bicyclic) bond motifs is 3. The summed E-state index contributed by atoms with van der Waals surface area (Å²) >= 11 is 0. The zero-order valence-corrected chi connectivity index (χ0v) is 39.9. The van der Waals surface area contributed by atoms with Crippen LogP contribution in [0.15, 0.2) is 175 Å². The summed E-state index contributed by atoms with van der Waals surface area (Å²) in [4.78, 5) is 66.4. The number of ether oxygens (including phenoxy) is 2. The van der Waals surface area contributed by atoms with Gasteiger partial charge < -0.3 is 30.3 Å². The second-order valence-electron chi connectivity index (χ2n) is 18.8. The van der Waals surface area contributed by atoms with Crippen LogP contribution >= 0.6 is 0 Å². The molecular formula is C60H56N4O8. The van der Waals surface area contributed by atoms with Crippen molar-refractivity contribution in [1.29, 1.82) is 0 Å². The smallest absolute Gasteiger partial charge is 0.329 e. The average Bonchev–Trinajstić information content (AvgIpc) is 3.89. The molecule has 4 aliphatic rings. The maximum absolute atomic E-state index is 16.7. The largest absolute Gasteiger partial charge is 0.491 e. The molecule has 3 aliphatic heterocycles. The lowest BCUT2D eigenvalue weighted by Crippen LogP contribution is -2.56. The first-order valence-corrected chi connectivity index (χ1v) is 24.7. The minimum atomic E-state index is -2.04. The summed E-state index contributed by atoms with van der Waals surface area (Å²) in [7, 11) is 0. The Balaban J connectivity index is 1.23. The van der Waals surface area contributed by atoms with Crippen molar-refractivity contribution in [2.45, 2.75) is 74.4 Å². The van der Waals surface area contributed by atoms with Gasteiger partial charge in [-0.1, -0.05) is 151 Å². The number of carbonyl (C=O) groups is 4. The van der Waals surface area contributed by atoms with Crippen LogP contribution in [0.2, 0.25) is 0 Å². The fourth-order valence-corrected chi connectivity index (χ4v) is 11.2. The Morgan fingerprint density at radius 3 is 2.08 bits per heavy atom. The van der Waals surface area contributed by atoms with Gasteiger partial charge in [-0.2, -0.15) is 0 Å². The number of carbonyl (C=O) groups excluding carboxylic acids is 4. The minimum Gasteiger partial charge on any atom is -0.491 e. The van der Waals surface area contributed by atoms with Gasteiger partial charge in [0, 0.05) is 12.1 Å². The summed E-state index contributed by atoms with van der Waals surface area (Å²) in [5.41, 5.74) is 3.45. The molecular weight excluding hydrogens is 905 g/mol. The first-order chi connectivity index (χ1) is 35.2. The van der Waals surface area contributed by atoms with E-state index in [0.717, 1.165) is 47.3 Å². The summed E-state index contributed by atoms with van der Waals surface area (Å²) in [6.45, 7) is 1.40. The average molecular weight is 961 g/mol. The number of allylic oxidation sites excluding steroid dienone is 2. The van der Waals surface area contributed by atoms with Gasteiger partial charge in [-0.05, 0) is 102 Å². The van der Waals surface area contributed by atoms with Gasteiger partial charge in [0.2, 0.25) is 11.8 Å². The fourth-order valence-electron chi connectivity index (χ4n) is 11.2. The van der Waals surface area contributed by atoms with Crippen molar-refractivity contribution in [2.24, 2.45) is 5.92 Å². The molecule has 12 heteroatoms. The number of imide groups is 1. The van der Waals surface area contributed by atoms with Gasteiger partial charge in [0.1, 0.15) is 29.9 Å². The van der Waals surface area contributed by atoms with Gasteiger partial charge in [0.15, 0.2) is 0 Å². The number of esters is 1. The van der Waals surface area contributed by atoms with Crippen molar-refractivity contribution in [3.05, 3.63) is 214 Å². The van der Waals surface area contributed by atoms with Crippen molar-refractivity contribution in [2.75, 3.05) is 24.7 Å². The number of benzene rings is 6. The Kier molecular flexibility index (Phi) is 13.9. The van der Waals surface area contributed by atoms with Gasteiger partial charge in [-0.3, -0.25) is 19.3 Å². The number of anilines is 1. The maximum atomic E-state index is 16.7. The fraction of sp³-hybridized carbons (Fsp3) is 0.267. The third kappa shape index (κ3) is 8.96. The summed E-state index contributed by atoms with van der Waals surface area (Å²) in [6, 6.07) is 45.0. The van der Waals surface area contributed by atoms with E-state index in [-0.39, 0.29) is 25.4 Å². The van der Waals surface area contributed by atoms with Gasteiger partial charge >= 0.3 is 12.0 Å². The number of aliphatic hydroxyl groups is 2. The van der Waals surface area contributed by atoms with Crippen LogP contribution < -0.4 is 20.3 Å². The monoisotopic (exact) mass is 960 g/mol. The molecule has 0 saturated carbocycles. The second-order valence-corrected chi connectivity index (χ2v) is 18.8. The summed E-state index contributed by atoms with van der Waals surface area (Å²) < 4.78 is 12.5. The minimum absolute atomic E-state index is 0.0384. The van der Waals surface area contributed by atoms with E-state index in [1.807, 2.05) is 121 Å². The Labute approximate surface area is 419 Å². The van der Waals surface area contributed by atoms with Crippen LogP contribution in [0.4, 0.5) is 10.5 Å². The lowest BCUT2D eigenvalue weighted by Gasteiger charge is -2.46. The molecule has 1 spiro atoms. The Morgan fingerprint density at radius 2 is 1.43 bits per heavy atom. The Hall–Kier alpha value is -7.82. The van der Waals surface area contributed by atoms with E-state index in [1.165, 1.54) is 0 Å². The van der Waals surface area contributed by atoms with Crippen molar-refractivity contribution >= 4 is 29.5 Å². The number of hydrogen-bond donors (Lipinski definition) is 4. The van der Waals surface area contributed by atoms with Crippen LogP contribution in [-0.2, 0) is 24.5 Å². The highest BCUT2D eigenvalue weighted by Gasteiger charge is 2.75. The highest BCUT2D eigenvalue weighted by atomic mass is 16.6. The molecule has 3 heterocycles. The van der Waals surface area contributed by atoms with Crippen molar-refractivity contribution < 1.29 is 38.9 Å². The number of hydrogen-bond acceptors (Lipinski definition) is 9. The maximum Gasteiger partial charge on any atom is 0.329 e. The molecule has 8 atom stereocenters. The van der Waals surface area contributed by atoms with E-state index in [4.69, 9.17) is 9.47 Å². The molecule has 364 valence electrons. The van der Waals surface area contributed by atoms with Gasteiger partial charge in [-0.25, -0.2) is 9.69 Å². The molecule has 6 aromatic carbocycles. The molecule has 6 aromatic rings. The first-order valence-electron chi connectivity index (χ1n) is 24.7. The number of nitrogens with one attached hydrogen (secondary N) is 2. The number of nitrogens with zero attached hydrogens (tertiary/aromatic N) is 2. The standard InChI is InChI=1S/C60H56N4O8/c1-39(42-19-9-3-10-20-42)62-59(70)63-49-34-29-41(28-27-40-17-7-2-8-18-40)37-48(49)60(58(63)69)51(56(67)61-38-50(66)43-21-11-4-12-22-43)53-57(68)72-54(45-25-15-6-16-26-45)52(44-23-13-5-14-24-44)64(53)55(60)46-30-32-47(33-31-46)71-36-35-65/h3-6,9-17,19-26,29-34,37,39,50-55,65-66H,2,7-8,18,35-36,38H2,1H3,(H,61,67)(H,62,70). The van der Waals surface area contributed by atoms with E-state index in [1.54, 1.807) is 54.6 Å². The lowest BCUT2D eigenvalue weighted by molar-refractivity contribution is -0.178. The number of amides is 4. The van der Waals surface area contributed by atoms with E-state index in [9.17, 15) is 10.2 Å². The molecule has 8 unspecified atom stereocenters. The molecule has 0 aromatic heterocycles. The molecule has 0 bridgehead atoms. The predicted molar refractivity (Wildman–Crippen MR) is 272 cm³/mol. The SMILES string of the molecule is CC(NC(=O)N1C(=O)C2(c3cc(C#CC4=CCCCC4)ccc31)C(C(=O)NCC(O)c1ccccc1)C1C(=O)OC(c3ccccc3)C(c3ccccc3)N1C2c1ccc(OCCO)cc1)c1ccccc1. The van der Waals surface area contributed by atoms with Crippen molar-refractivity contribution in [3.63, 3.8) is 0 Å². The normalized spacial score (nSPS) is 23.1. The van der Waals surface area contributed by atoms with Crippen LogP contribution in [0.5, 0.6) is 5.75 Å². The summed E-state index contributed by atoms with van der Waals surface area (Å²) in [5, 5.41) is 27.3. The highest BCUT2D eigenvalue weighted by molar-refractivity contribution is 6.24. The molecule has 12 nitrogen and oxygen atoms in total. The van der Waals surface area contributed by atoms with Crippen LogP contribution in [0.1, 0.15) is 102 Å². The van der Waals surface area contributed by atoms with E-state index < -0.39 is 71.5 Å². The molecule has 2 fully saturated rings. The molecule has 4 N–H and O–H groups in total. The van der Waals surface area contributed by atoms with Crippen LogP contribution in [-0.4, -0.2) is 64.7 Å². The summed E-state index contributed by atoms with van der Waals surface area (Å²) in [6.07, 6.45) is 3.96. The number of cyclic esters (lactones) is 1.